The maximum atomic E-state index is 9.04. The van der Waals surface area contributed by atoms with E-state index in [4.69, 9.17) is 10.8 Å². The van der Waals surface area contributed by atoms with Gasteiger partial charge in [-0.3, -0.25) is 5.10 Å². The fourth-order valence-electron chi connectivity index (χ4n) is 0.635. The Balaban J connectivity index is 2.82. The van der Waals surface area contributed by atoms with Crippen molar-refractivity contribution in [3.8, 4) is 0 Å². The first kappa shape index (κ1) is 7.04. The van der Waals surface area contributed by atoms with Gasteiger partial charge in [0.25, 0.3) is 0 Å². The smallest absolute Gasteiger partial charge is 0.185 e. The molecule has 1 heterocycles. The molecule has 1 rings (SSSR count). The number of methoxy groups -OCH3 is 1. The van der Waals surface area contributed by atoms with Crippen LogP contribution >= 0.6 is 0 Å². The lowest BCUT2D eigenvalue weighted by Gasteiger charge is -2.04. The Morgan fingerprint density at radius 1 is 1.90 bits per heavy atom. The van der Waals surface area contributed by atoms with Crippen LogP contribution in [0.15, 0.2) is 6.20 Å². The third-order valence-electron chi connectivity index (χ3n) is 1.19. The van der Waals surface area contributed by atoms with E-state index in [0.29, 0.717) is 5.56 Å². The van der Waals surface area contributed by atoms with Crippen LogP contribution < -0.4 is 5.73 Å². The lowest BCUT2D eigenvalue weighted by molar-refractivity contribution is -0.0763. The number of aromatic amines is 1. The normalized spacial score (nSPS) is 13.4. The van der Waals surface area contributed by atoms with Gasteiger partial charge in [0, 0.05) is 13.3 Å². The number of ether oxygens (including phenoxy) is 1. The number of nitrogens with zero attached hydrogens (tertiary/aromatic N) is 1. The van der Waals surface area contributed by atoms with Crippen LogP contribution in [-0.2, 0) is 4.74 Å². The summed E-state index contributed by atoms with van der Waals surface area (Å²) in [5.41, 5.74) is 5.80. The van der Waals surface area contributed by atoms with E-state index in [-0.39, 0.29) is 5.82 Å². The molecule has 1 atom stereocenters. The largest absolute Gasteiger partial charge is 0.382 e. The molecule has 0 aromatic carbocycles. The lowest BCUT2D eigenvalue weighted by Crippen LogP contribution is -2.01. The number of hydrogen-bond acceptors (Lipinski definition) is 4. The minimum absolute atomic E-state index is 0.259. The Labute approximate surface area is 57.8 Å². The predicted molar refractivity (Wildman–Crippen MR) is 35.0 cm³/mol. The summed E-state index contributed by atoms with van der Waals surface area (Å²) < 4.78 is 4.59. The third-order valence-corrected chi connectivity index (χ3v) is 1.19. The van der Waals surface area contributed by atoms with Crippen LogP contribution in [0.2, 0.25) is 0 Å². The first-order valence-electron chi connectivity index (χ1n) is 2.75. The standard InChI is InChI=1S/C5H9N3O2/c1-10-5(9)3-2-7-8-4(3)6/h2,5,9H,1H3,(H3,6,7,8). The second kappa shape index (κ2) is 2.68. The molecule has 0 spiro atoms. The summed E-state index contributed by atoms with van der Waals surface area (Å²) in [6.45, 7) is 0. The number of aliphatic hydroxyl groups is 1. The molecule has 0 saturated carbocycles. The first-order valence-corrected chi connectivity index (χ1v) is 2.75. The van der Waals surface area contributed by atoms with Gasteiger partial charge >= 0.3 is 0 Å². The van der Waals surface area contributed by atoms with E-state index < -0.39 is 6.29 Å². The van der Waals surface area contributed by atoms with Gasteiger partial charge in [-0.1, -0.05) is 0 Å². The molecule has 10 heavy (non-hydrogen) atoms. The molecule has 4 N–H and O–H groups in total. The zero-order valence-electron chi connectivity index (χ0n) is 5.53. The van der Waals surface area contributed by atoms with Crippen molar-refractivity contribution in [3.05, 3.63) is 11.8 Å². The van der Waals surface area contributed by atoms with E-state index in [0.717, 1.165) is 0 Å². The SMILES string of the molecule is COC(O)c1c[nH]nc1N. The molecule has 0 saturated heterocycles. The fourth-order valence-corrected chi connectivity index (χ4v) is 0.635. The molecule has 0 aliphatic rings. The summed E-state index contributed by atoms with van der Waals surface area (Å²) in [4.78, 5) is 0. The summed E-state index contributed by atoms with van der Waals surface area (Å²) in [7, 11) is 1.39. The highest BCUT2D eigenvalue weighted by Gasteiger charge is 2.10. The van der Waals surface area contributed by atoms with E-state index in [1.54, 1.807) is 0 Å². The molecule has 0 aliphatic carbocycles. The number of rotatable bonds is 2. The van der Waals surface area contributed by atoms with Crippen LogP contribution in [0.25, 0.3) is 0 Å². The van der Waals surface area contributed by atoms with Crippen LogP contribution in [0.5, 0.6) is 0 Å². The van der Waals surface area contributed by atoms with Gasteiger partial charge in [-0.25, -0.2) is 0 Å². The van der Waals surface area contributed by atoms with Crippen LogP contribution in [0, 0.1) is 0 Å². The number of aromatic nitrogens is 2. The molecule has 0 fully saturated rings. The molecule has 1 aromatic rings. The van der Waals surface area contributed by atoms with Crippen molar-refractivity contribution >= 4 is 5.82 Å². The van der Waals surface area contributed by atoms with Gasteiger partial charge in [0.1, 0.15) is 0 Å². The summed E-state index contributed by atoms with van der Waals surface area (Å²) in [5.74, 6) is 0.259. The molecule has 1 unspecified atom stereocenters. The zero-order valence-corrected chi connectivity index (χ0v) is 5.53. The maximum Gasteiger partial charge on any atom is 0.185 e. The highest BCUT2D eigenvalue weighted by Crippen LogP contribution is 2.16. The number of H-pyrrole nitrogens is 1. The Morgan fingerprint density at radius 3 is 3.00 bits per heavy atom. The molecule has 5 heteroatoms. The second-order valence-electron chi connectivity index (χ2n) is 1.81. The van der Waals surface area contributed by atoms with Crippen molar-refractivity contribution in [1.29, 1.82) is 0 Å². The van der Waals surface area contributed by atoms with Crippen molar-refractivity contribution < 1.29 is 9.84 Å². The molecule has 0 radical (unpaired) electrons. The van der Waals surface area contributed by atoms with Gasteiger partial charge < -0.3 is 15.6 Å². The molecule has 0 amide bonds. The van der Waals surface area contributed by atoms with Crippen molar-refractivity contribution in [3.63, 3.8) is 0 Å². The van der Waals surface area contributed by atoms with E-state index in [1.807, 2.05) is 0 Å². The van der Waals surface area contributed by atoms with Gasteiger partial charge in [-0.2, -0.15) is 5.10 Å². The molecular formula is C5H9N3O2. The van der Waals surface area contributed by atoms with Crippen molar-refractivity contribution in [2.24, 2.45) is 0 Å². The number of anilines is 1. The Bertz CT molecular complexity index is 210. The third kappa shape index (κ3) is 1.09. The second-order valence-corrected chi connectivity index (χ2v) is 1.81. The summed E-state index contributed by atoms with van der Waals surface area (Å²) in [6, 6.07) is 0. The molecule has 5 nitrogen and oxygen atoms in total. The van der Waals surface area contributed by atoms with Crippen molar-refractivity contribution in [2.75, 3.05) is 12.8 Å². The van der Waals surface area contributed by atoms with Crippen LogP contribution in [-0.4, -0.2) is 22.4 Å². The van der Waals surface area contributed by atoms with Crippen molar-refractivity contribution in [1.82, 2.24) is 10.2 Å². The van der Waals surface area contributed by atoms with Crippen LogP contribution in [0.4, 0.5) is 5.82 Å². The topological polar surface area (TPSA) is 84.2 Å². The number of nitrogen functional groups attached to an aromatic ring is 1. The van der Waals surface area contributed by atoms with E-state index in [2.05, 4.69) is 14.9 Å². The first-order chi connectivity index (χ1) is 4.75. The van der Waals surface area contributed by atoms with E-state index in [9.17, 15) is 0 Å². The predicted octanol–water partition coefficient (Wildman–Crippen LogP) is -0.371. The number of nitrogens with two attached hydrogens (primary N) is 1. The maximum absolute atomic E-state index is 9.04. The number of aliphatic hydroxyl groups excluding tert-OH is 1. The van der Waals surface area contributed by atoms with Crippen LogP contribution in [0.1, 0.15) is 11.9 Å². The Morgan fingerprint density at radius 2 is 2.60 bits per heavy atom. The average Bonchev–Trinajstić information content (AvgIpc) is 2.34. The number of hydrogen-bond donors (Lipinski definition) is 3. The minimum atomic E-state index is -0.987. The quantitative estimate of drug-likeness (QED) is 0.493. The van der Waals surface area contributed by atoms with Gasteiger partial charge in [0.05, 0.1) is 5.56 Å². The Kier molecular flexibility index (Phi) is 1.88. The fraction of sp³-hybridized carbons (Fsp3) is 0.400. The van der Waals surface area contributed by atoms with Crippen LogP contribution in [0.3, 0.4) is 0 Å². The monoisotopic (exact) mass is 143 g/mol. The minimum Gasteiger partial charge on any atom is -0.382 e. The van der Waals surface area contributed by atoms with E-state index in [1.165, 1.54) is 13.3 Å². The lowest BCUT2D eigenvalue weighted by atomic mass is 10.3. The summed E-state index contributed by atoms with van der Waals surface area (Å²) >= 11 is 0. The highest BCUT2D eigenvalue weighted by atomic mass is 16.6. The van der Waals surface area contributed by atoms with Gasteiger partial charge in [0.2, 0.25) is 0 Å². The molecule has 0 bridgehead atoms. The molecule has 56 valence electrons. The van der Waals surface area contributed by atoms with Gasteiger partial charge in [-0.15, -0.1) is 0 Å². The summed E-state index contributed by atoms with van der Waals surface area (Å²) in [5, 5.41) is 15.1. The number of nitrogens with one attached hydrogen (secondary N) is 1. The average molecular weight is 143 g/mol. The van der Waals surface area contributed by atoms with Gasteiger partial charge in [0.15, 0.2) is 12.1 Å². The van der Waals surface area contributed by atoms with Crippen molar-refractivity contribution in [2.45, 2.75) is 6.29 Å². The zero-order chi connectivity index (χ0) is 7.56. The highest BCUT2D eigenvalue weighted by molar-refractivity contribution is 5.37. The molecule has 0 aliphatic heterocycles. The van der Waals surface area contributed by atoms with E-state index >= 15 is 0 Å². The molecular weight excluding hydrogens is 134 g/mol. The van der Waals surface area contributed by atoms with Gasteiger partial charge in [-0.05, 0) is 0 Å². The molecule has 1 aromatic heterocycles. The Hall–Kier alpha value is -1.07. The summed E-state index contributed by atoms with van der Waals surface area (Å²) in [6.07, 6.45) is 0.502.